The van der Waals surface area contributed by atoms with E-state index in [9.17, 15) is 4.79 Å². The van der Waals surface area contributed by atoms with Gasteiger partial charge in [-0.2, -0.15) is 0 Å². The average Bonchev–Trinajstić information content (AvgIpc) is 3.45. The van der Waals surface area contributed by atoms with Crippen molar-refractivity contribution in [1.29, 1.82) is 0 Å². The molecule has 8 heteroatoms. The lowest BCUT2D eigenvalue weighted by molar-refractivity contribution is 0.0955. The quantitative estimate of drug-likeness (QED) is 0.380. The third-order valence-corrected chi connectivity index (χ3v) is 7.73. The molecule has 34 heavy (non-hydrogen) atoms. The Labute approximate surface area is 205 Å². The van der Waals surface area contributed by atoms with Gasteiger partial charge in [-0.3, -0.25) is 4.79 Å². The molecule has 0 unspecified atom stereocenters. The molecule has 4 aromatic rings. The summed E-state index contributed by atoms with van der Waals surface area (Å²) < 4.78 is 10.8. The van der Waals surface area contributed by atoms with E-state index in [-0.39, 0.29) is 12.7 Å². The number of aromatic nitrogens is 1. The second-order valence-corrected chi connectivity index (χ2v) is 9.96. The maximum Gasteiger partial charge on any atom is 0.263 e. The number of fused-ring (bicyclic) bond motifs is 3. The molecule has 2 aromatic heterocycles. The summed E-state index contributed by atoms with van der Waals surface area (Å²) in [6.45, 7) is 0.577. The molecule has 0 bridgehead atoms. The second kappa shape index (κ2) is 8.49. The first-order valence-electron chi connectivity index (χ1n) is 11.2. The zero-order chi connectivity index (χ0) is 23.2. The van der Waals surface area contributed by atoms with Gasteiger partial charge in [-0.1, -0.05) is 29.8 Å². The fourth-order valence-electron chi connectivity index (χ4n) is 4.72. The number of hydrogen-bond donors (Lipinski definition) is 2. The summed E-state index contributed by atoms with van der Waals surface area (Å²) in [6.07, 6.45) is 4.13. The van der Waals surface area contributed by atoms with Gasteiger partial charge in [0.25, 0.3) is 5.91 Å². The number of aryl methyl sites for hydroxylation is 1. The zero-order valence-corrected chi connectivity index (χ0v) is 19.9. The highest BCUT2D eigenvalue weighted by Gasteiger charge is 2.26. The molecular formula is C26H22ClN3O3S. The van der Waals surface area contributed by atoms with Crippen LogP contribution in [0.3, 0.4) is 0 Å². The molecule has 1 aliphatic heterocycles. The highest BCUT2D eigenvalue weighted by atomic mass is 35.5. The van der Waals surface area contributed by atoms with E-state index >= 15 is 0 Å². The smallest absolute Gasteiger partial charge is 0.263 e. The Kier molecular flexibility index (Phi) is 5.31. The molecule has 3 heterocycles. The van der Waals surface area contributed by atoms with Crippen LogP contribution in [0.5, 0.6) is 11.5 Å². The van der Waals surface area contributed by atoms with E-state index in [2.05, 4.69) is 5.32 Å². The van der Waals surface area contributed by atoms with Gasteiger partial charge in [-0.15, -0.1) is 11.3 Å². The van der Waals surface area contributed by atoms with E-state index in [1.54, 1.807) is 0 Å². The Bertz CT molecular complexity index is 1430. The van der Waals surface area contributed by atoms with Gasteiger partial charge >= 0.3 is 0 Å². The summed E-state index contributed by atoms with van der Waals surface area (Å²) >= 11 is 7.50. The van der Waals surface area contributed by atoms with Crippen molar-refractivity contribution in [2.24, 2.45) is 0 Å². The standard InChI is InChI=1S/C26H22ClN3O3S/c27-16-8-6-15(7-9-16)21-17-3-1-2-4-18(17)30-26-22(21)23(28)24(34-26)25(31)29-12-14-5-10-19-20(11-14)33-13-32-19/h5-11H,1-4,12-13,28H2,(H,29,31). The van der Waals surface area contributed by atoms with Crippen LogP contribution in [0.15, 0.2) is 42.5 Å². The largest absolute Gasteiger partial charge is 0.454 e. The van der Waals surface area contributed by atoms with Gasteiger partial charge in [0.2, 0.25) is 6.79 Å². The van der Waals surface area contributed by atoms with Crippen molar-refractivity contribution in [2.45, 2.75) is 32.2 Å². The van der Waals surface area contributed by atoms with Gasteiger partial charge in [0.1, 0.15) is 9.71 Å². The van der Waals surface area contributed by atoms with E-state index in [0.29, 0.717) is 33.6 Å². The zero-order valence-electron chi connectivity index (χ0n) is 18.3. The highest BCUT2D eigenvalue weighted by molar-refractivity contribution is 7.21. The Morgan fingerprint density at radius 1 is 1.09 bits per heavy atom. The predicted octanol–water partition coefficient (Wildman–Crippen LogP) is 5.74. The number of rotatable bonds is 4. The maximum atomic E-state index is 13.2. The predicted molar refractivity (Wildman–Crippen MR) is 135 cm³/mol. The summed E-state index contributed by atoms with van der Waals surface area (Å²) in [4.78, 5) is 19.4. The van der Waals surface area contributed by atoms with Crippen LogP contribution in [-0.4, -0.2) is 17.7 Å². The molecule has 0 fully saturated rings. The van der Waals surface area contributed by atoms with E-state index in [1.807, 2.05) is 42.5 Å². The number of carbonyl (C=O) groups is 1. The number of halogens is 1. The molecule has 0 saturated carbocycles. The molecule has 1 aliphatic carbocycles. The van der Waals surface area contributed by atoms with E-state index in [1.165, 1.54) is 16.9 Å². The molecule has 0 saturated heterocycles. The Balaban J connectivity index is 1.38. The monoisotopic (exact) mass is 491 g/mol. The van der Waals surface area contributed by atoms with Crippen molar-refractivity contribution in [2.75, 3.05) is 12.5 Å². The molecule has 1 amide bonds. The van der Waals surface area contributed by atoms with Gasteiger partial charge < -0.3 is 20.5 Å². The minimum Gasteiger partial charge on any atom is -0.454 e. The van der Waals surface area contributed by atoms with Crippen LogP contribution in [-0.2, 0) is 19.4 Å². The number of thiophene rings is 1. The average molecular weight is 492 g/mol. The van der Waals surface area contributed by atoms with Crippen molar-refractivity contribution >= 4 is 44.7 Å². The molecule has 0 spiro atoms. The number of ether oxygens (including phenoxy) is 2. The maximum absolute atomic E-state index is 13.2. The summed E-state index contributed by atoms with van der Waals surface area (Å²) in [7, 11) is 0. The summed E-state index contributed by atoms with van der Waals surface area (Å²) in [6, 6.07) is 13.5. The van der Waals surface area contributed by atoms with E-state index < -0.39 is 0 Å². The normalized spacial score (nSPS) is 14.3. The lowest BCUT2D eigenvalue weighted by atomic mass is 9.87. The molecule has 6 nitrogen and oxygen atoms in total. The van der Waals surface area contributed by atoms with Gasteiger partial charge in [0, 0.05) is 22.6 Å². The second-order valence-electron chi connectivity index (χ2n) is 8.52. The number of pyridine rings is 1. The minimum absolute atomic E-state index is 0.210. The van der Waals surface area contributed by atoms with Gasteiger partial charge in [0.05, 0.1) is 5.69 Å². The van der Waals surface area contributed by atoms with E-state index in [4.69, 9.17) is 31.8 Å². The number of hydrogen-bond acceptors (Lipinski definition) is 6. The van der Waals surface area contributed by atoms with Crippen molar-refractivity contribution in [3.63, 3.8) is 0 Å². The molecular weight excluding hydrogens is 470 g/mol. The summed E-state index contributed by atoms with van der Waals surface area (Å²) in [5.74, 6) is 1.20. The molecule has 2 aromatic carbocycles. The third kappa shape index (κ3) is 3.65. The fraction of sp³-hybridized carbons (Fsp3) is 0.231. The molecule has 6 rings (SSSR count). The van der Waals surface area contributed by atoms with Crippen LogP contribution in [0, 0.1) is 0 Å². The summed E-state index contributed by atoms with van der Waals surface area (Å²) in [5, 5.41) is 4.54. The lowest BCUT2D eigenvalue weighted by Crippen LogP contribution is -2.22. The van der Waals surface area contributed by atoms with E-state index in [0.717, 1.165) is 58.3 Å². The SMILES string of the molecule is Nc1c(C(=O)NCc2ccc3c(c2)OCO3)sc2nc3c(c(-c4ccc(Cl)cc4)c12)CCCC3. The molecule has 172 valence electrons. The first-order chi connectivity index (χ1) is 16.6. The molecule has 2 aliphatic rings. The molecule has 0 radical (unpaired) electrons. The van der Waals surface area contributed by atoms with Gasteiger partial charge in [-0.05, 0) is 72.2 Å². The first kappa shape index (κ1) is 21.3. The van der Waals surface area contributed by atoms with Crippen LogP contribution in [0.1, 0.15) is 39.3 Å². The van der Waals surface area contributed by atoms with Crippen molar-refractivity contribution in [3.05, 3.63) is 69.2 Å². The number of benzene rings is 2. The Morgan fingerprint density at radius 3 is 2.74 bits per heavy atom. The van der Waals surface area contributed by atoms with Crippen LogP contribution in [0.25, 0.3) is 21.3 Å². The number of carbonyl (C=O) groups excluding carboxylic acids is 1. The highest BCUT2D eigenvalue weighted by Crippen LogP contribution is 2.44. The number of nitrogens with two attached hydrogens (primary N) is 1. The molecule has 3 N–H and O–H groups in total. The molecule has 0 atom stereocenters. The van der Waals surface area contributed by atoms with Crippen LogP contribution >= 0.6 is 22.9 Å². The lowest BCUT2D eigenvalue weighted by Gasteiger charge is -2.20. The third-order valence-electron chi connectivity index (χ3n) is 6.38. The number of nitrogens with zero attached hydrogens (tertiary/aromatic N) is 1. The van der Waals surface area contributed by atoms with Crippen LogP contribution in [0.4, 0.5) is 5.69 Å². The fourth-order valence-corrected chi connectivity index (χ4v) is 5.89. The van der Waals surface area contributed by atoms with Gasteiger partial charge in [-0.25, -0.2) is 4.98 Å². The Morgan fingerprint density at radius 2 is 1.88 bits per heavy atom. The van der Waals surface area contributed by atoms with Crippen LogP contribution < -0.4 is 20.5 Å². The number of nitrogen functional groups attached to an aromatic ring is 1. The minimum atomic E-state index is -0.210. The van der Waals surface area contributed by atoms with Crippen molar-refractivity contribution in [1.82, 2.24) is 10.3 Å². The topological polar surface area (TPSA) is 86.5 Å². The number of anilines is 1. The van der Waals surface area contributed by atoms with Gasteiger partial charge in [0.15, 0.2) is 11.5 Å². The van der Waals surface area contributed by atoms with Crippen LogP contribution in [0.2, 0.25) is 5.02 Å². The number of nitrogens with one attached hydrogen (secondary N) is 1. The van der Waals surface area contributed by atoms with Crippen molar-refractivity contribution in [3.8, 4) is 22.6 Å². The Hall–Kier alpha value is -3.29. The van der Waals surface area contributed by atoms with Crippen molar-refractivity contribution < 1.29 is 14.3 Å². The summed E-state index contributed by atoms with van der Waals surface area (Å²) in [5.41, 5.74) is 12.5. The first-order valence-corrected chi connectivity index (χ1v) is 12.4. The number of amides is 1.